The molecule has 0 unspecified atom stereocenters. The fraction of sp³-hybridized carbons (Fsp3) is 0. The monoisotopic (exact) mass is 290 g/mol. The molecule has 0 amide bonds. The molecule has 3 rings (SSSR count). The van der Waals surface area contributed by atoms with Crippen molar-refractivity contribution < 1.29 is 18.7 Å². The SMILES string of the molecule is Fc1ccc2[nH]ccc2c1.Nc1ccc(F)cc1C(=O)O. The number of carboxylic acid groups (broad SMARTS) is 1. The van der Waals surface area contributed by atoms with Gasteiger partial charge in [0.1, 0.15) is 11.6 Å². The zero-order valence-corrected chi connectivity index (χ0v) is 10.8. The van der Waals surface area contributed by atoms with Crippen LogP contribution in [0.25, 0.3) is 10.9 Å². The van der Waals surface area contributed by atoms with Crippen molar-refractivity contribution in [2.75, 3.05) is 5.73 Å². The average molecular weight is 290 g/mol. The highest BCUT2D eigenvalue weighted by atomic mass is 19.1. The Bertz CT molecular complexity index is 784. The van der Waals surface area contributed by atoms with Crippen molar-refractivity contribution in [3.63, 3.8) is 0 Å². The number of halogens is 2. The lowest BCUT2D eigenvalue weighted by molar-refractivity contribution is 0.0697. The van der Waals surface area contributed by atoms with E-state index in [1.807, 2.05) is 6.07 Å². The molecule has 0 atom stereocenters. The number of hydrogen-bond donors (Lipinski definition) is 3. The zero-order chi connectivity index (χ0) is 15.4. The number of fused-ring (bicyclic) bond motifs is 1. The molecular weight excluding hydrogens is 278 g/mol. The lowest BCUT2D eigenvalue weighted by atomic mass is 10.2. The third kappa shape index (κ3) is 3.56. The first-order valence-corrected chi connectivity index (χ1v) is 5.98. The highest BCUT2D eigenvalue weighted by molar-refractivity contribution is 5.93. The third-order valence-corrected chi connectivity index (χ3v) is 2.76. The van der Waals surface area contributed by atoms with Gasteiger partial charge in [-0.2, -0.15) is 0 Å². The van der Waals surface area contributed by atoms with Crippen molar-refractivity contribution in [1.29, 1.82) is 0 Å². The van der Waals surface area contributed by atoms with Crippen molar-refractivity contribution in [2.24, 2.45) is 0 Å². The van der Waals surface area contributed by atoms with Gasteiger partial charge >= 0.3 is 5.97 Å². The fourth-order valence-corrected chi connectivity index (χ4v) is 1.74. The topological polar surface area (TPSA) is 79.1 Å². The molecule has 1 aromatic heterocycles. The van der Waals surface area contributed by atoms with Gasteiger partial charge in [0.2, 0.25) is 0 Å². The van der Waals surface area contributed by atoms with Crippen LogP contribution in [0.4, 0.5) is 14.5 Å². The first-order valence-electron chi connectivity index (χ1n) is 5.98. The lowest BCUT2D eigenvalue weighted by Crippen LogP contribution is -2.02. The van der Waals surface area contributed by atoms with Crippen molar-refractivity contribution in [3.8, 4) is 0 Å². The second kappa shape index (κ2) is 6.04. The molecule has 3 aromatic rings. The standard InChI is InChI=1S/C8H6FN.C7H6FNO2/c9-7-1-2-8-6(5-7)3-4-10-8;8-4-1-2-6(9)5(3-4)7(10)11/h1-5,10H;1-3H,9H2,(H,10,11). The summed E-state index contributed by atoms with van der Waals surface area (Å²) < 4.78 is 24.9. The number of aromatic carboxylic acids is 1. The van der Waals surface area contributed by atoms with E-state index in [1.54, 1.807) is 12.3 Å². The van der Waals surface area contributed by atoms with E-state index in [9.17, 15) is 13.6 Å². The van der Waals surface area contributed by atoms with E-state index in [0.29, 0.717) is 0 Å². The molecule has 108 valence electrons. The molecule has 0 saturated carbocycles. The molecule has 1 heterocycles. The number of hydrogen-bond acceptors (Lipinski definition) is 2. The maximum absolute atomic E-state index is 12.5. The molecule has 0 radical (unpaired) electrons. The average Bonchev–Trinajstić information content (AvgIpc) is 2.89. The summed E-state index contributed by atoms with van der Waals surface area (Å²) in [5, 5.41) is 9.36. The number of rotatable bonds is 1. The zero-order valence-electron chi connectivity index (χ0n) is 10.8. The van der Waals surface area contributed by atoms with E-state index in [2.05, 4.69) is 4.98 Å². The molecular formula is C15H12F2N2O2. The van der Waals surface area contributed by atoms with E-state index in [4.69, 9.17) is 10.8 Å². The summed E-state index contributed by atoms with van der Waals surface area (Å²) in [6.07, 6.45) is 1.80. The normalized spacial score (nSPS) is 10.0. The number of aromatic amines is 1. The maximum atomic E-state index is 12.5. The molecule has 0 aliphatic heterocycles. The molecule has 0 spiro atoms. The Morgan fingerprint density at radius 2 is 1.71 bits per heavy atom. The minimum Gasteiger partial charge on any atom is -0.478 e. The second-order valence-electron chi connectivity index (χ2n) is 4.25. The summed E-state index contributed by atoms with van der Waals surface area (Å²) in [7, 11) is 0. The molecule has 4 nitrogen and oxygen atoms in total. The lowest BCUT2D eigenvalue weighted by Gasteiger charge is -1.98. The van der Waals surface area contributed by atoms with Crippen LogP contribution in [0.15, 0.2) is 48.7 Å². The predicted molar refractivity (Wildman–Crippen MR) is 76.0 cm³/mol. The van der Waals surface area contributed by atoms with Gasteiger partial charge < -0.3 is 15.8 Å². The van der Waals surface area contributed by atoms with Gasteiger partial charge in [-0.1, -0.05) is 0 Å². The van der Waals surface area contributed by atoms with Crippen LogP contribution in [-0.2, 0) is 0 Å². The van der Waals surface area contributed by atoms with Crippen molar-refractivity contribution in [2.45, 2.75) is 0 Å². The molecule has 0 aliphatic rings. The van der Waals surface area contributed by atoms with Crippen LogP contribution >= 0.6 is 0 Å². The Kier molecular flexibility index (Phi) is 4.18. The predicted octanol–water partition coefficient (Wildman–Crippen LogP) is 3.41. The Balaban J connectivity index is 0.000000154. The number of aromatic nitrogens is 1. The first-order chi connectivity index (χ1) is 9.97. The third-order valence-electron chi connectivity index (χ3n) is 2.76. The summed E-state index contributed by atoms with van der Waals surface area (Å²) in [5.74, 6) is -2.01. The molecule has 0 fully saturated rings. The molecule has 2 aromatic carbocycles. The smallest absolute Gasteiger partial charge is 0.337 e. The van der Waals surface area contributed by atoms with Gasteiger partial charge in [0.25, 0.3) is 0 Å². The second-order valence-corrected chi connectivity index (χ2v) is 4.25. The van der Waals surface area contributed by atoms with Crippen molar-refractivity contribution >= 4 is 22.6 Å². The van der Waals surface area contributed by atoms with Crippen LogP contribution in [0, 0.1) is 11.6 Å². The molecule has 6 heteroatoms. The van der Waals surface area contributed by atoms with Crippen LogP contribution in [-0.4, -0.2) is 16.1 Å². The van der Waals surface area contributed by atoms with Gasteiger partial charge in [0, 0.05) is 22.8 Å². The molecule has 0 aliphatic carbocycles. The van der Waals surface area contributed by atoms with Gasteiger partial charge in [-0.05, 0) is 42.5 Å². The van der Waals surface area contributed by atoms with Crippen LogP contribution < -0.4 is 5.73 Å². The Labute approximate surface area is 118 Å². The summed E-state index contributed by atoms with van der Waals surface area (Å²) >= 11 is 0. The Hall–Kier alpha value is -2.89. The first kappa shape index (κ1) is 14.5. The maximum Gasteiger partial charge on any atom is 0.337 e. The van der Waals surface area contributed by atoms with Crippen molar-refractivity contribution in [3.05, 3.63) is 65.9 Å². The van der Waals surface area contributed by atoms with Crippen LogP contribution in [0.1, 0.15) is 10.4 Å². The van der Waals surface area contributed by atoms with Crippen LogP contribution in [0.3, 0.4) is 0 Å². The van der Waals surface area contributed by atoms with E-state index in [1.165, 1.54) is 18.2 Å². The summed E-state index contributed by atoms with van der Waals surface area (Å²) in [4.78, 5) is 13.3. The van der Waals surface area contributed by atoms with Crippen molar-refractivity contribution in [1.82, 2.24) is 4.98 Å². The number of nitrogens with two attached hydrogens (primary N) is 1. The number of nitrogen functional groups attached to an aromatic ring is 1. The number of carboxylic acids is 1. The van der Waals surface area contributed by atoms with E-state index < -0.39 is 11.8 Å². The van der Waals surface area contributed by atoms with Gasteiger partial charge in [-0.15, -0.1) is 0 Å². The quantitative estimate of drug-likeness (QED) is 0.601. The molecule has 0 saturated heterocycles. The largest absolute Gasteiger partial charge is 0.478 e. The number of nitrogens with one attached hydrogen (secondary N) is 1. The summed E-state index contributed by atoms with van der Waals surface area (Å²) in [6.45, 7) is 0. The minimum atomic E-state index is -1.22. The van der Waals surface area contributed by atoms with Crippen LogP contribution in [0.5, 0.6) is 0 Å². The van der Waals surface area contributed by atoms with Gasteiger partial charge in [0.15, 0.2) is 0 Å². The highest BCUT2D eigenvalue weighted by Gasteiger charge is 2.07. The number of anilines is 1. The minimum absolute atomic E-state index is 0.0684. The number of H-pyrrole nitrogens is 1. The Morgan fingerprint density at radius 3 is 2.38 bits per heavy atom. The van der Waals surface area contributed by atoms with Gasteiger partial charge in [-0.25, -0.2) is 13.6 Å². The molecule has 0 bridgehead atoms. The molecule has 21 heavy (non-hydrogen) atoms. The number of benzene rings is 2. The highest BCUT2D eigenvalue weighted by Crippen LogP contribution is 2.13. The van der Waals surface area contributed by atoms with Crippen LogP contribution in [0.2, 0.25) is 0 Å². The fourth-order valence-electron chi connectivity index (χ4n) is 1.74. The Morgan fingerprint density at radius 1 is 1.05 bits per heavy atom. The van der Waals surface area contributed by atoms with Gasteiger partial charge in [-0.3, -0.25) is 0 Å². The van der Waals surface area contributed by atoms with Gasteiger partial charge in [0.05, 0.1) is 5.56 Å². The van der Waals surface area contributed by atoms with E-state index >= 15 is 0 Å². The van der Waals surface area contributed by atoms with E-state index in [-0.39, 0.29) is 17.1 Å². The number of carbonyl (C=O) groups is 1. The summed E-state index contributed by atoms with van der Waals surface area (Å²) in [5.41, 5.74) is 6.08. The summed E-state index contributed by atoms with van der Waals surface area (Å²) in [6, 6.07) is 9.74. The molecule has 4 N–H and O–H groups in total. The van der Waals surface area contributed by atoms with E-state index in [0.717, 1.165) is 23.0 Å².